The summed E-state index contributed by atoms with van der Waals surface area (Å²) in [5.74, 6) is 3.15. The summed E-state index contributed by atoms with van der Waals surface area (Å²) in [6.45, 7) is 5.28. The van der Waals surface area contributed by atoms with Crippen molar-refractivity contribution in [3.8, 4) is 11.5 Å². The Morgan fingerprint density at radius 2 is 1.93 bits per heavy atom. The summed E-state index contributed by atoms with van der Waals surface area (Å²) in [5, 5.41) is 3.42. The summed E-state index contributed by atoms with van der Waals surface area (Å²) >= 11 is 0. The lowest BCUT2D eigenvalue weighted by Gasteiger charge is -2.30. The van der Waals surface area contributed by atoms with Gasteiger partial charge in [-0.2, -0.15) is 4.98 Å². The van der Waals surface area contributed by atoms with Crippen molar-refractivity contribution in [2.24, 2.45) is 0 Å². The second-order valence-electron chi connectivity index (χ2n) is 7.36. The molecule has 7 nitrogen and oxygen atoms in total. The number of anilines is 2. The van der Waals surface area contributed by atoms with E-state index >= 15 is 0 Å². The van der Waals surface area contributed by atoms with Gasteiger partial charge in [-0.05, 0) is 49.4 Å². The van der Waals surface area contributed by atoms with Crippen LogP contribution in [0.4, 0.5) is 11.8 Å². The minimum atomic E-state index is 0.281. The van der Waals surface area contributed by atoms with Gasteiger partial charge >= 0.3 is 0 Å². The van der Waals surface area contributed by atoms with Gasteiger partial charge < -0.3 is 24.4 Å². The molecule has 0 spiro atoms. The Balaban J connectivity index is 1.51. The predicted molar refractivity (Wildman–Crippen MR) is 109 cm³/mol. The van der Waals surface area contributed by atoms with Gasteiger partial charge in [-0.3, -0.25) is 0 Å². The number of fused-ring (bicyclic) bond motifs is 1. The predicted octanol–water partition coefficient (Wildman–Crippen LogP) is 2.96. The van der Waals surface area contributed by atoms with Gasteiger partial charge in [-0.1, -0.05) is 0 Å². The third kappa shape index (κ3) is 3.99. The van der Waals surface area contributed by atoms with Crippen LogP contribution in [-0.4, -0.2) is 50.0 Å². The van der Waals surface area contributed by atoms with Crippen LogP contribution in [0, 0.1) is 6.92 Å². The molecule has 1 aromatic carbocycles. The third-order valence-electron chi connectivity index (χ3n) is 5.38. The highest BCUT2D eigenvalue weighted by atomic mass is 16.5. The maximum absolute atomic E-state index is 5.69. The normalized spacial score (nSPS) is 18.7. The number of aryl methyl sites for hydroxylation is 1. The lowest BCUT2D eigenvalue weighted by molar-refractivity contribution is 0.120. The van der Waals surface area contributed by atoms with Gasteiger partial charge in [-0.15, -0.1) is 0 Å². The number of aromatic nitrogens is 2. The smallest absolute Gasteiger partial charge is 0.227 e. The Labute approximate surface area is 166 Å². The van der Waals surface area contributed by atoms with Gasteiger partial charge in [0.05, 0.1) is 20.3 Å². The molecule has 0 amide bonds. The molecule has 0 saturated carbocycles. The second-order valence-corrected chi connectivity index (χ2v) is 7.36. The van der Waals surface area contributed by atoms with E-state index in [-0.39, 0.29) is 6.10 Å². The van der Waals surface area contributed by atoms with E-state index in [2.05, 4.69) is 27.3 Å². The summed E-state index contributed by atoms with van der Waals surface area (Å²) < 4.78 is 16.6. The van der Waals surface area contributed by atoms with Crippen molar-refractivity contribution < 1.29 is 14.2 Å². The van der Waals surface area contributed by atoms with Crippen molar-refractivity contribution in [1.29, 1.82) is 0 Å². The first-order valence-electron chi connectivity index (χ1n) is 9.86. The fraction of sp³-hybridized carbons (Fsp3) is 0.524. The molecule has 2 aromatic rings. The highest BCUT2D eigenvalue weighted by Gasteiger charge is 2.22. The topological polar surface area (TPSA) is 68.7 Å². The number of nitrogens with one attached hydrogen (secondary N) is 1. The largest absolute Gasteiger partial charge is 0.493 e. The zero-order valence-electron chi connectivity index (χ0n) is 16.8. The van der Waals surface area contributed by atoms with E-state index in [1.807, 2.05) is 13.0 Å². The van der Waals surface area contributed by atoms with Crippen LogP contribution >= 0.6 is 0 Å². The molecule has 150 valence electrons. The molecule has 1 atom stereocenters. The zero-order valence-corrected chi connectivity index (χ0v) is 16.8. The van der Waals surface area contributed by atoms with Gasteiger partial charge in [0.25, 0.3) is 0 Å². The molecule has 0 bridgehead atoms. The molecular weight excluding hydrogens is 356 g/mol. The van der Waals surface area contributed by atoms with Crippen molar-refractivity contribution in [1.82, 2.24) is 9.97 Å². The van der Waals surface area contributed by atoms with E-state index in [1.54, 1.807) is 14.2 Å². The van der Waals surface area contributed by atoms with Crippen LogP contribution in [-0.2, 0) is 17.7 Å². The van der Waals surface area contributed by atoms with Gasteiger partial charge in [0, 0.05) is 38.0 Å². The number of hydrogen-bond acceptors (Lipinski definition) is 7. The summed E-state index contributed by atoms with van der Waals surface area (Å²) in [7, 11) is 3.34. The molecular formula is C21H28N4O3. The number of hydrogen-bond donors (Lipinski definition) is 1. The van der Waals surface area contributed by atoms with E-state index < -0.39 is 0 Å². The molecule has 28 heavy (non-hydrogen) atoms. The van der Waals surface area contributed by atoms with E-state index in [4.69, 9.17) is 19.2 Å². The molecule has 7 heteroatoms. The number of ether oxygens (including phenoxy) is 3. The maximum Gasteiger partial charge on any atom is 0.227 e. The lowest BCUT2D eigenvalue weighted by Crippen LogP contribution is -2.32. The fourth-order valence-corrected chi connectivity index (χ4v) is 3.86. The summed E-state index contributed by atoms with van der Waals surface area (Å²) in [4.78, 5) is 11.7. The highest BCUT2D eigenvalue weighted by molar-refractivity contribution is 5.52. The van der Waals surface area contributed by atoms with Crippen LogP contribution in [0.5, 0.6) is 11.5 Å². The standard InChI is InChI=1S/C21H28N4O3/c1-14-9-20(22-12-17-5-4-8-28-17)24-21(23-14)25-7-6-15-10-18(26-2)19(27-3)11-16(15)13-25/h9-11,17H,4-8,12-13H2,1-3H3,(H,22,23,24). The second kappa shape index (κ2) is 8.22. The molecule has 1 saturated heterocycles. The average Bonchev–Trinajstić information content (AvgIpc) is 3.24. The molecule has 4 rings (SSSR count). The SMILES string of the molecule is COc1cc2c(cc1OC)CN(c1nc(C)cc(NCC3CCCO3)n1)CC2. The van der Waals surface area contributed by atoms with Crippen LogP contribution in [0.3, 0.4) is 0 Å². The van der Waals surface area contributed by atoms with Gasteiger partial charge in [-0.25, -0.2) is 4.98 Å². The van der Waals surface area contributed by atoms with Crippen molar-refractivity contribution >= 4 is 11.8 Å². The lowest BCUT2D eigenvalue weighted by atomic mass is 9.99. The fourth-order valence-electron chi connectivity index (χ4n) is 3.86. The van der Waals surface area contributed by atoms with Crippen molar-refractivity contribution in [3.05, 3.63) is 35.0 Å². The molecule has 0 aliphatic carbocycles. The van der Waals surface area contributed by atoms with Crippen LogP contribution in [0.1, 0.15) is 29.7 Å². The first-order valence-corrected chi connectivity index (χ1v) is 9.86. The van der Waals surface area contributed by atoms with Crippen molar-refractivity contribution in [2.75, 3.05) is 44.1 Å². The van der Waals surface area contributed by atoms with Crippen molar-refractivity contribution in [2.45, 2.75) is 38.8 Å². The third-order valence-corrected chi connectivity index (χ3v) is 5.38. The van der Waals surface area contributed by atoms with Gasteiger partial charge in [0.15, 0.2) is 11.5 Å². The first-order chi connectivity index (χ1) is 13.7. The molecule has 1 unspecified atom stereocenters. The van der Waals surface area contributed by atoms with Crippen molar-refractivity contribution in [3.63, 3.8) is 0 Å². The molecule has 2 aliphatic heterocycles. The number of methoxy groups -OCH3 is 2. The Morgan fingerprint density at radius 3 is 2.64 bits per heavy atom. The van der Waals surface area contributed by atoms with E-state index in [0.717, 1.165) is 74.5 Å². The van der Waals surface area contributed by atoms with E-state index in [0.29, 0.717) is 0 Å². The van der Waals surface area contributed by atoms with Gasteiger partial charge in [0.2, 0.25) is 5.95 Å². The Morgan fingerprint density at radius 1 is 1.14 bits per heavy atom. The maximum atomic E-state index is 5.69. The molecule has 2 aliphatic rings. The summed E-state index contributed by atoms with van der Waals surface area (Å²) in [6.07, 6.45) is 3.45. The van der Waals surface area contributed by atoms with Crippen LogP contribution in [0.25, 0.3) is 0 Å². The molecule has 1 aromatic heterocycles. The Kier molecular flexibility index (Phi) is 5.52. The molecule has 1 fully saturated rings. The minimum absolute atomic E-state index is 0.281. The quantitative estimate of drug-likeness (QED) is 0.821. The highest BCUT2D eigenvalue weighted by Crippen LogP contribution is 2.34. The molecule has 0 radical (unpaired) electrons. The Hall–Kier alpha value is -2.54. The molecule has 1 N–H and O–H groups in total. The summed E-state index contributed by atoms with van der Waals surface area (Å²) in [6, 6.07) is 6.13. The molecule has 3 heterocycles. The zero-order chi connectivity index (χ0) is 19.5. The first kappa shape index (κ1) is 18.8. The minimum Gasteiger partial charge on any atom is -0.493 e. The Bertz CT molecular complexity index is 837. The van der Waals surface area contributed by atoms with E-state index in [9.17, 15) is 0 Å². The average molecular weight is 384 g/mol. The summed E-state index contributed by atoms with van der Waals surface area (Å²) in [5.41, 5.74) is 3.47. The van der Waals surface area contributed by atoms with Crippen LogP contribution in [0.2, 0.25) is 0 Å². The number of rotatable bonds is 6. The van der Waals surface area contributed by atoms with Crippen LogP contribution < -0.4 is 19.7 Å². The number of benzene rings is 1. The van der Waals surface area contributed by atoms with E-state index in [1.165, 1.54) is 11.1 Å². The monoisotopic (exact) mass is 384 g/mol. The van der Waals surface area contributed by atoms with Gasteiger partial charge in [0.1, 0.15) is 5.82 Å². The van der Waals surface area contributed by atoms with Crippen LogP contribution in [0.15, 0.2) is 18.2 Å². The number of nitrogens with zero attached hydrogens (tertiary/aromatic N) is 3.